The summed E-state index contributed by atoms with van der Waals surface area (Å²) in [5.41, 5.74) is 1.85. The van der Waals surface area contributed by atoms with E-state index in [2.05, 4.69) is 26.2 Å². The summed E-state index contributed by atoms with van der Waals surface area (Å²) in [7, 11) is 0. The maximum atomic E-state index is 12.7. The maximum Gasteiger partial charge on any atom is 0.261 e. The molecule has 0 aliphatic heterocycles. The van der Waals surface area contributed by atoms with E-state index in [9.17, 15) is 9.59 Å². The Morgan fingerprint density at radius 1 is 1.29 bits per heavy atom. The molecule has 0 saturated heterocycles. The Kier molecular flexibility index (Phi) is 4.49. The minimum absolute atomic E-state index is 0.106. The van der Waals surface area contributed by atoms with Gasteiger partial charge in [-0.15, -0.1) is 0 Å². The zero-order valence-corrected chi connectivity index (χ0v) is 14.9. The molecule has 2 heterocycles. The number of anilines is 1. The summed E-state index contributed by atoms with van der Waals surface area (Å²) < 4.78 is 2.67. The van der Waals surface area contributed by atoms with Crippen LogP contribution in [0, 0.1) is 6.92 Å². The number of aryl methyl sites for hydroxylation is 2. The highest BCUT2D eigenvalue weighted by atomic mass is 79.9. The highest BCUT2D eigenvalue weighted by Gasteiger charge is 2.16. The molecule has 24 heavy (non-hydrogen) atoms. The number of nitrogens with one attached hydrogen (secondary N) is 1. The van der Waals surface area contributed by atoms with Gasteiger partial charge in [0.25, 0.3) is 5.91 Å². The monoisotopic (exact) mass is 385 g/mol. The van der Waals surface area contributed by atoms with Gasteiger partial charge in [0.1, 0.15) is 11.2 Å². The maximum absolute atomic E-state index is 12.7. The Labute approximate surface area is 147 Å². The number of amides is 1. The summed E-state index contributed by atoms with van der Waals surface area (Å²) in [5, 5.41) is 3.21. The van der Waals surface area contributed by atoms with E-state index < -0.39 is 5.91 Å². The van der Waals surface area contributed by atoms with Crippen LogP contribution < -0.4 is 10.7 Å². The Balaban J connectivity index is 2.09. The van der Waals surface area contributed by atoms with Crippen molar-refractivity contribution in [3.8, 4) is 0 Å². The van der Waals surface area contributed by atoms with Gasteiger partial charge in [0.05, 0.1) is 5.39 Å². The van der Waals surface area contributed by atoms with Crippen LogP contribution in [0.5, 0.6) is 0 Å². The van der Waals surface area contributed by atoms with Crippen LogP contribution in [0.2, 0.25) is 0 Å². The largest absolute Gasteiger partial charge is 0.332 e. The van der Waals surface area contributed by atoms with Gasteiger partial charge in [-0.05, 0) is 44.2 Å². The highest BCUT2D eigenvalue weighted by molar-refractivity contribution is 9.10. The number of carbonyl (C=O) groups excluding carboxylic acids is 1. The minimum atomic E-state index is -0.428. The van der Waals surface area contributed by atoms with Crippen molar-refractivity contribution in [2.24, 2.45) is 0 Å². The van der Waals surface area contributed by atoms with Gasteiger partial charge in [0, 0.05) is 28.6 Å². The molecule has 3 rings (SSSR count). The molecule has 2 aromatic heterocycles. The fourth-order valence-electron chi connectivity index (χ4n) is 2.53. The number of fused-ring (bicyclic) bond motifs is 1. The van der Waals surface area contributed by atoms with Crippen LogP contribution in [0.15, 0.2) is 51.9 Å². The molecule has 1 amide bonds. The standard InChI is InChI=1S/C18H16BrN3O2/c1-3-22-10-15(16(23)14-8-7-11(2)20-17(14)22)18(24)21-13-6-4-5-12(19)9-13/h4-10H,3H2,1-2H3,(H,21,24). The molecular formula is C18H16BrN3O2. The summed E-state index contributed by atoms with van der Waals surface area (Å²) >= 11 is 3.36. The smallest absolute Gasteiger partial charge is 0.261 e. The van der Waals surface area contributed by atoms with E-state index in [1.165, 1.54) is 0 Å². The summed E-state index contributed by atoms with van der Waals surface area (Å²) in [6.07, 6.45) is 1.57. The van der Waals surface area contributed by atoms with Crippen LogP contribution >= 0.6 is 15.9 Å². The van der Waals surface area contributed by atoms with E-state index in [1.54, 1.807) is 30.5 Å². The van der Waals surface area contributed by atoms with Crippen LogP contribution in [0.3, 0.4) is 0 Å². The molecule has 122 valence electrons. The van der Waals surface area contributed by atoms with E-state index >= 15 is 0 Å². The van der Waals surface area contributed by atoms with Gasteiger partial charge >= 0.3 is 0 Å². The van der Waals surface area contributed by atoms with E-state index in [1.807, 2.05) is 30.5 Å². The summed E-state index contributed by atoms with van der Waals surface area (Å²) in [5.74, 6) is -0.428. The molecule has 1 aromatic carbocycles. The fraction of sp³-hybridized carbons (Fsp3) is 0.167. The SMILES string of the molecule is CCn1cc(C(=O)Nc2cccc(Br)c2)c(=O)c2ccc(C)nc21. The van der Waals surface area contributed by atoms with Gasteiger partial charge in [-0.2, -0.15) is 0 Å². The van der Waals surface area contributed by atoms with Crippen LogP contribution in [-0.2, 0) is 6.54 Å². The molecule has 0 aliphatic carbocycles. The molecule has 0 aliphatic rings. The molecule has 3 aromatic rings. The van der Waals surface area contributed by atoms with E-state index in [4.69, 9.17) is 0 Å². The predicted octanol–water partition coefficient (Wildman–Crippen LogP) is 3.74. The Morgan fingerprint density at radius 3 is 2.79 bits per heavy atom. The molecule has 0 bridgehead atoms. The van der Waals surface area contributed by atoms with Gasteiger partial charge in [-0.25, -0.2) is 4.98 Å². The second-order valence-electron chi connectivity index (χ2n) is 5.45. The Hall–Kier alpha value is -2.47. The lowest BCUT2D eigenvalue weighted by Crippen LogP contribution is -2.24. The predicted molar refractivity (Wildman–Crippen MR) is 98.5 cm³/mol. The van der Waals surface area contributed by atoms with Crippen molar-refractivity contribution in [3.05, 3.63) is 68.5 Å². The van der Waals surface area contributed by atoms with Gasteiger partial charge < -0.3 is 9.88 Å². The molecule has 0 fully saturated rings. The summed E-state index contributed by atoms with van der Waals surface area (Å²) in [6.45, 7) is 4.44. The topological polar surface area (TPSA) is 64.0 Å². The number of hydrogen-bond acceptors (Lipinski definition) is 3. The number of carbonyl (C=O) groups is 1. The lowest BCUT2D eigenvalue weighted by molar-refractivity contribution is 0.102. The number of halogens is 1. The third kappa shape index (κ3) is 3.10. The minimum Gasteiger partial charge on any atom is -0.332 e. The van der Waals surface area contributed by atoms with E-state index in [0.717, 1.165) is 10.2 Å². The van der Waals surface area contributed by atoms with Crippen molar-refractivity contribution in [2.45, 2.75) is 20.4 Å². The molecule has 0 unspecified atom stereocenters. The van der Waals surface area contributed by atoms with Crippen molar-refractivity contribution in [1.29, 1.82) is 0 Å². The van der Waals surface area contributed by atoms with Crippen LogP contribution in [-0.4, -0.2) is 15.5 Å². The lowest BCUT2D eigenvalue weighted by atomic mass is 10.1. The quantitative estimate of drug-likeness (QED) is 0.746. The second-order valence-corrected chi connectivity index (χ2v) is 6.36. The Bertz CT molecular complexity index is 995. The number of benzene rings is 1. The normalized spacial score (nSPS) is 10.8. The number of hydrogen-bond donors (Lipinski definition) is 1. The second kappa shape index (κ2) is 6.57. The molecule has 0 saturated carbocycles. The first-order chi connectivity index (χ1) is 11.5. The third-order valence-corrected chi connectivity index (χ3v) is 4.22. The highest BCUT2D eigenvalue weighted by Crippen LogP contribution is 2.17. The zero-order chi connectivity index (χ0) is 17.3. The average Bonchev–Trinajstić information content (AvgIpc) is 2.55. The molecule has 6 heteroatoms. The molecule has 1 N–H and O–H groups in total. The number of nitrogens with zero attached hydrogens (tertiary/aromatic N) is 2. The summed E-state index contributed by atoms with van der Waals surface area (Å²) in [6, 6.07) is 10.7. The van der Waals surface area contributed by atoms with Crippen LogP contribution in [0.4, 0.5) is 5.69 Å². The Morgan fingerprint density at radius 2 is 2.08 bits per heavy atom. The van der Waals surface area contributed by atoms with E-state index in [0.29, 0.717) is 23.3 Å². The average molecular weight is 386 g/mol. The molecule has 0 spiro atoms. The first kappa shape index (κ1) is 16.4. The number of rotatable bonds is 3. The van der Waals surface area contributed by atoms with E-state index in [-0.39, 0.29) is 11.0 Å². The molecule has 0 atom stereocenters. The van der Waals surface area contributed by atoms with Crippen molar-refractivity contribution in [1.82, 2.24) is 9.55 Å². The van der Waals surface area contributed by atoms with Crippen molar-refractivity contribution in [3.63, 3.8) is 0 Å². The third-order valence-electron chi connectivity index (χ3n) is 3.73. The van der Waals surface area contributed by atoms with Crippen LogP contribution in [0.25, 0.3) is 11.0 Å². The van der Waals surface area contributed by atoms with Gasteiger partial charge in [0.15, 0.2) is 0 Å². The number of aromatic nitrogens is 2. The fourth-order valence-corrected chi connectivity index (χ4v) is 2.93. The zero-order valence-electron chi connectivity index (χ0n) is 13.3. The number of pyridine rings is 2. The van der Waals surface area contributed by atoms with Gasteiger partial charge in [-0.1, -0.05) is 22.0 Å². The first-order valence-electron chi connectivity index (χ1n) is 7.57. The van der Waals surface area contributed by atoms with Gasteiger partial charge in [0.2, 0.25) is 5.43 Å². The first-order valence-corrected chi connectivity index (χ1v) is 8.36. The van der Waals surface area contributed by atoms with Crippen LogP contribution in [0.1, 0.15) is 23.0 Å². The molecule has 0 radical (unpaired) electrons. The summed E-state index contributed by atoms with van der Waals surface area (Å²) in [4.78, 5) is 29.7. The lowest BCUT2D eigenvalue weighted by Gasteiger charge is -2.11. The van der Waals surface area contributed by atoms with Crippen molar-refractivity contribution >= 4 is 38.6 Å². The molecular weight excluding hydrogens is 370 g/mol. The van der Waals surface area contributed by atoms with Gasteiger partial charge in [-0.3, -0.25) is 9.59 Å². The molecule has 5 nitrogen and oxygen atoms in total. The van der Waals surface area contributed by atoms with Crippen molar-refractivity contribution in [2.75, 3.05) is 5.32 Å². The van der Waals surface area contributed by atoms with Crippen molar-refractivity contribution < 1.29 is 4.79 Å².